The first kappa shape index (κ1) is 23.8. The Kier molecular flexibility index (Phi) is 12.4. The Morgan fingerprint density at radius 1 is 1.00 bits per heavy atom. The van der Waals surface area contributed by atoms with Crippen molar-refractivity contribution in [1.29, 1.82) is 0 Å². The monoisotopic (exact) mass is 327 g/mol. The first-order valence-corrected chi connectivity index (χ1v) is 7.71. The number of nitrogens with zero attached hydrogens (tertiary/aromatic N) is 1. The lowest BCUT2D eigenvalue weighted by Crippen LogP contribution is -2.32. The van der Waals surface area contributed by atoms with Crippen LogP contribution in [0.5, 0.6) is 0 Å². The Labute approximate surface area is 141 Å². The highest BCUT2D eigenvalue weighted by molar-refractivity contribution is 5.57. The highest BCUT2D eigenvalue weighted by atomic mass is 16.5. The van der Waals surface area contributed by atoms with Gasteiger partial charge in [-0.1, -0.05) is 31.2 Å². The molecule has 2 atom stereocenters. The summed E-state index contributed by atoms with van der Waals surface area (Å²) in [5.74, 6) is 0.520. The van der Waals surface area contributed by atoms with Crippen molar-refractivity contribution in [1.82, 2.24) is 0 Å². The topological polar surface area (TPSA) is 68.1 Å². The molecule has 0 heterocycles. The zero-order valence-electron chi connectivity index (χ0n) is 15.4. The summed E-state index contributed by atoms with van der Waals surface area (Å²) in [7, 11) is 0. The third-order valence-corrected chi connectivity index (χ3v) is 4.04. The van der Waals surface area contributed by atoms with E-state index in [1.165, 1.54) is 6.21 Å². The molecule has 5 nitrogen and oxygen atoms in total. The van der Waals surface area contributed by atoms with Gasteiger partial charge in [-0.05, 0) is 27.7 Å². The molecule has 0 spiro atoms. The second-order valence-electron chi connectivity index (χ2n) is 6.34. The van der Waals surface area contributed by atoms with Gasteiger partial charge in [-0.3, -0.25) is 0 Å². The van der Waals surface area contributed by atoms with Gasteiger partial charge >= 0.3 is 0 Å². The van der Waals surface area contributed by atoms with Crippen molar-refractivity contribution in [3.05, 3.63) is 25.3 Å². The first-order valence-electron chi connectivity index (χ1n) is 7.71. The third kappa shape index (κ3) is 10.8. The Morgan fingerprint density at radius 2 is 1.39 bits per heavy atom. The molecule has 0 aromatic rings. The number of oxime groups is 1. The van der Waals surface area contributed by atoms with Crippen LogP contribution in [-0.4, -0.2) is 42.1 Å². The van der Waals surface area contributed by atoms with Gasteiger partial charge in [0.05, 0.1) is 24.0 Å². The number of hydrogen-bond acceptors (Lipinski definition) is 5. The van der Waals surface area contributed by atoms with E-state index in [4.69, 9.17) is 14.7 Å². The highest BCUT2D eigenvalue weighted by Crippen LogP contribution is 2.21. The lowest BCUT2D eigenvalue weighted by atomic mass is 9.93. The van der Waals surface area contributed by atoms with Crippen LogP contribution < -0.4 is 0 Å². The van der Waals surface area contributed by atoms with Gasteiger partial charge in [-0.25, -0.2) is 0 Å². The molecule has 134 valence electrons. The van der Waals surface area contributed by atoms with Crippen LogP contribution in [0, 0.1) is 11.8 Å². The molecule has 0 aliphatic heterocycles. The van der Waals surface area contributed by atoms with Gasteiger partial charge < -0.3 is 19.5 Å². The third-order valence-electron chi connectivity index (χ3n) is 4.04. The van der Waals surface area contributed by atoms with Crippen molar-refractivity contribution in [3.8, 4) is 0 Å². The zero-order chi connectivity index (χ0) is 18.5. The van der Waals surface area contributed by atoms with E-state index in [0.29, 0.717) is 6.61 Å². The molecule has 2 unspecified atom stereocenters. The van der Waals surface area contributed by atoms with Gasteiger partial charge in [-0.15, -0.1) is 13.2 Å². The summed E-state index contributed by atoms with van der Waals surface area (Å²) in [6.45, 7) is 19.7. The normalized spacial score (nSPS) is 14.5. The second kappa shape index (κ2) is 12.0. The minimum absolute atomic E-state index is 0.158. The van der Waals surface area contributed by atoms with E-state index in [9.17, 15) is 4.79 Å². The molecule has 0 amide bonds. The minimum Gasteiger partial charge on any atom is -0.411 e. The molecule has 0 radical (unpaired) electrons. The van der Waals surface area contributed by atoms with E-state index in [1.807, 2.05) is 53.7 Å². The van der Waals surface area contributed by atoms with Crippen molar-refractivity contribution in [2.45, 2.75) is 52.7 Å². The fourth-order valence-electron chi connectivity index (χ4n) is 1.36. The van der Waals surface area contributed by atoms with E-state index in [2.05, 4.69) is 18.3 Å². The molecule has 23 heavy (non-hydrogen) atoms. The fourth-order valence-corrected chi connectivity index (χ4v) is 1.36. The molecule has 0 aliphatic carbocycles. The van der Waals surface area contributed by atoms with Crippen LogP contribution in [0.1, 0.15) is 41.5 Å². The first-order chi connectivity index (χ1) is 10.6. The number of aldehydes is 1. The van der Waals surface area contributed by atoms with Crippen molar-refractivity contribution in [2.75, 3.05) is 13.2 Å². The maximum absolute atomic E-state index is 10.0. The van der Waals surface area contributed by atoms with Crippen LogP contribution in [0.4, 0.5) is 0 Å². The highest BCUT2D eigenvalue weighted by Gasteiger charge is 2.24. The average Bonchev–Trinajstić information content (AvgIpc) is 2.51. The summed E-state index contributed by atoms with van der Waals surface area (Å²) < 4.78 is 10.7. The summed E-state index contributed by atoms with van der Waals surface area (Å²) in [5.41, 5.74) is -0.550. The predicted molar refractivity (Wildman–Crippen MR) is 95.1 cm³/mol. The summed E-state index contributed by atoms with van der Waals surface area (Å²) >= 11 is 0. The van der Waals surface area contributed by atoms with Gasteiger partial charge in [-0.2, -0.15) is 0 Å². The average molecular weight is 327 g/mol. The zero-order valence-corrected chi connectivity index (χ0v) is 15.4. The van der Waals surface area contributed by atoms with E-state index < -0.39 is 0 Å². The van der Waals surface area contributed by atoms with Crippen molar-refractivity contribution in [3.63, 3.8) is 0 Å². The maximum Gasteiger partial charge on any atom is 0.145 e. The summed E-state index contributed by atoms with van der Waals surface area (Å²) in [6, 6.07) is 0. The lowest BCUT2D eigenvalue weighted by molar-refractivity contribution is -0.119. The van der Waals surface area contributed by atoms with Crippen LogP contribution in [0.25, 0.3) is 0 Å². The van der Waals surface area contributed by atoms with Crippen LogP contribution in [0.3, 0.4) is 0 Å². The SMILES string of the molecule is C=CC(C)C(C)(C)OCC=NO.C=CC(C)C(C)(C)OCC=O. The Balaban J connectivity index is 0. The maximum atomic E-state index is 10.0. The summed E-state index contributed by atoms with van der Waals surface area (Å²) in [4.78, 5) is 10.0. The van der Waals surface area contributed by atoms with Gasteiger partial charge in [0.25, 0.3) is 0 Å². The number of hydrogen-bond donors (Lipinski definition) is 1. The van der Waals surface area contributed by atoms with Gasteiger partial charge in [0.2, 0.25) is 0 Å². The molecule has 1 N–H and O–H groups in total. The Morgan fingerprint density at radius 3 is 1.70 bits per heavy atom. The number of rotatable bonds is 10. The molecule has 0 bridgehead atoms. The van der Waals surface area contributed by atoms with Gasteiger partial charge in [0.15, 0.2) is 0 Å². The lowest BCUT2D eigenvalue weighted by Gasteiger charge is -2.29. The van der Waals surface area contributed by atoms with Crippen LogP contribution in [0.15, 0.2) is 30.5 Å². The van der Waals surface area contributed by atoms with E-state index in [-0.39, 0.29) is 29.6 Å². The number of carbonyl (C=O) groups excluding carboxylic acids is 1. The number of ether oxygens (including phenoxy) is 2. The summed E-state index contributed by atoms with van der Waals surface area (Å²) in [5, 5.41) is 11.0. The summed E-state index contributed by atoms with van der Waals surface area (Å²) in [6.07, 6.45) is 5.75. The molecular formula is C18H33NO4. The molecular weight excluding hydrogens is 294 g/mol. The largest absolute Gasteiger partial charge is 0.411 e. The second-order valence-corrected chi connectivity index (χ2v) is 6.34. The molecule has 0 fully saturated rings. The molecule has 0 saturated carbocycles. The Hall–Kier alpha value is -1.46. The standard InChI is InChI=1S/C9H17NO2.C9H16O2/c1-5-8(2)9(3,4)12-7-6-10-11;1-5-8(2)9(3,4)11-7-6-10/h5-6,8,11H,1,7H2,2-4H3;5-6,8H,1,7H2,2-4H3. The van der Waals surface area contributed by atoms with E-state index in [1.54, 1.807) is 0 Å². The predicted octanol–water partition coefficient (Wildman–Crippen LogP) is 3.87. The molecule has 0 aromatic carbocycles. The quantitative estimate of drug-likeness (QED) is 0.217. The van der Waals surface area contributed by atoms with E-state index in [0.717, 1.165) is 6.29 Å². The van der Waals surface area contributed by atoms with Crippen molar-refractivity contribution in [2.24, 2.45) is 17.0 Å². The van der Waals surface area contributed by atoms with Crippen molar-refractivity contribution < 1.29 is 19.5 Å². The Bertz CT molecular complexity index is 375. The van der Waals surface area contributed by atoms with Crippen LogP contribution >= 0.6 is 0 Å². The number of carbonyl (C=O) groups is 1. The smallest absolute Gasteiger partial charge is 0.145 e. The molecule has 0 aromatic heterocycles. The molecule has 0 rings (SSSR count). The van der Waals surface area contributed by atoms with E-state index >= 15 is 0 Å². The van der Waals surface area contributed by atoms with Crippen LogP contribution in [0.2, 0.25) is 0 Å². The minimum atomic E-state index is -0.289. The fraction of sp³-hybridized carbons (Fsp3) is 0.667. The molecule has 0 aliphatic rings. The van der Waals surface area contributed by atoms with Gasteiger partial charge in [0.1, 0.15) is 12.9 Å². The molecule has 5 heteroatoms. The van der Waals surface area contributed by atoms with Crippen molar-refractivity contribution >= 4 is 12.5 Å². The molecule has 0 saturated heterocycles. The van der Waals surface area contributed by atoms with Gasteiger partial charge in [0, 0.05) is 11.8 Å². The van der Waals surface area contributed by atoms with Crippen LogP contribution in [-0.2, 0) is 14.3 Å².